The molecule has 1 aromatic carbocycles. The van der Waals surface area contributed by atoms with E-state index in [-0.39, 0.29) is 0 Å². The lowest BCUT2D eigenvalue weighted by Gasteiger charge is -2.16. The molecule has 0 spiro atoms. The average Bonchev–Trinajstić information content (AvgIpc) is 2.37. The van der Waals surface area contributed by atoms with Gasteiger partial charge in [0.1, 0.15) is 0 Å². The zero-order valence-corrected chi connectivity index (χ0v) is 12.0. The van der Waals surface area contributed by atoms with Crippen molar-refractivity contribution in [3.63, 3.8) is 0 Å². The normalized spacial score (nSPS) is 10.7. The highest BCUT2D eigenvalue weighted by atomic mass is 16.5. The van der Waals surface area contributed by atoms with E-state index in [1.165, 1.54) is 0 Å². The second kappa shape index (κ2) is 7.98. The minimum Gasteiger partial charge on any atom is -0.493 e. The van der Waals surface area contributed by atoms with Gasteiger partial charge in [0, 0.05) is 12.1 Å². The minimum atomic E-state index is 0.506. The van der Waals surface area contributed by atoms with Gasteiger partial charge in [-0.3, -0.25) is 0 Å². The lowest BCUT2D eigenvalue weighted by Crippen LogP contribution is -2.15. The van der Waals surface area contributed by atoms with E-state index >= 15 is 0 Å². The maximum atomic E-state index is 5.89. The van der Waals surface area contributed by atoms with Crippen molar-refractivity contribution in [3.8, 4) is 11.5 Å². The van der Waals surface area contributed by atoms with Crippen LogP contribution >= 0.6 is 0 Å². The standard InChI is InChI=1S/C15H25NO2/c1-5-9-16-10-13-7-6-8-14(17-4)15(13)18-11-12(2)3/h6-8,12,16H,5,9-11H2,1-4H3. The van der Waals surface area contributed by atoms with Gasteiger partial charge < -0.3 is 14.8 Å². The Kier molecular flexibility index (Phi) is 6.58. The highest BCUT2D eigenvalue weighted by Crippen LogP contribution is 2.31. The molecule has 0 saturated carbocycles. The fraction of sp³-hybridized carbons (Fsp3) is 0.600. The molecule has 1 N–H and O–H groups in total. The molecule has 0 aliphatic heterocycles. The number of nitrogens with one attached hydrogen (secondary N) is 1. The zero-order chi connectivity index (χ0) is 13.4. The lowest BCUT2D eigenvalue weighted by molar-refractivity contribution is 0.254. The minimum absolute atomic E-state index is 0.506. The first-order chi connectivity index (χ1) is 8.69. The van der Waals surface area contributed by atoms with Crippen LogP contribution in [0.25, 0.3) is 0 Å². The molecule has 0 radical (unpaired) electrons. The average molecular weight is 251 g/mol. The van der Waals surface area contributed by atoms with Crippen LogP contribution < -0.4 is 14.8 Å². The van der Waals surface area contributed by atoms with Crippen LogP contribution in [0.15, 0.2) is 18.2 Å². The van der Waals surface area contributed by atoms with Crippen LogP contribution in [0.1, 0.15) is 32.8 Å². The topological polar surface area (TPSA) is 30.5 Å². The second-order valence-corrected chi connectivity index (χ2v) is 4.83. The summed E-state index contributed by atoms with van der Waals surface area (Å²) in [5, 5.41) is 3.40. The van der Waals surface area contributed by atoms with Crippen molar-refractivity contribution in [3.05, 3.63) is 23.8 Å². The molecule has 3 heteroatoms. The number of ether oxygens (including phenoxy) is 2. The smallest absolute Gasteiger partial charge is 0.165 e. The van der Waals surface area contributed by atoms with Crippen molar-refractivity contribution in [2.45, 2.75) is 33.7 Å². The first-order valence-electron chi connectivity index (χ1n) is 6.68. The van der Waals surface area contributed by atoms with Crippen LogP contribution in [-0.4, -0.2) is 20.3 Å². The highest BCUT2D eigenvalue weighted by molar-refractivity contribution is 5.46. The number of para-hydroxylation sites is 1. The van der Waals surface area contributed by atoms with Crippen molar-refractivity contribution in [1.29, 1.82) is 0 Å². The number of benzene rings is 1. The van der Waals surface area contributed by atoms with E-state index in [1.807, 2.05) is 12.1 Å². The molecule has 102 valence electrons. The Bertz CT molecular complexity index is 350. The van der Waals surface area contributed by atoms with Crippen LogP contribution in [0.5, 0.6) is 11.5 Å². The summed E-state index contributed by atoms with van der Waals surface area (Å²) in [6, 6.07) is 6.03. The largest absolute Gasteiger partial charge is 0.493 e. The Morgan fingerprint density at radius 2 is 2.06 bits per heavy atom. The monoisotopic (exact) mass is 251 g/mol. The van der Waals surface area contributed by atoms with Crippen molar-refractivity contribution in [1.82, 2.24) is 5.32 Å². The molecule has 0 aliphatic rings. The van der Waals surface area contributed by atoms with Gasteiger partial charge >= 0.3 is 0 Å². The molecule has 18 heavy (non-hydrogen) atoms. The Morgan fingerprint density at radius 3 is 2.67 bits per heavy atom. The van der Waals surface area contributed by atoms with Gasteiger partial charge in [-0.2, -0.15) is 0 Å². The maximum absolute atomic E-state index is 5.89. The summed E-state index contributed by atoms with van der Waals surface area (Å²) in [5.41, 5.74) is 1.16. The Labute approximate surface area is 110 Å². The predicted molar refractivity (Wildman–Crippen MR) is 75.3 cm³/mol. The number of methoxy groups -OCH3 is 1. The van der Waals surface area contributed by atoms with Crippen LogP contribution in [0.3, 0.4) is 0 Å². The van der Waals surface area contributed by atoms with E-state index in [2.05, 4.69) is 32.2 Å². The van der Waals surface area contributed by atoms with Gasteiger partial charge in [-0.05, 0) is 24.9 Å². The summed E-state index contributed by atoms with van der Waals surface area (Å²) in [6.07, 6.45) is 1.13. The van der Waals surface area contributed by atoms with Crippen LogP contribution in [0.2, 0.25) is 0 Å². The van der Waals surface area contributed by atoms with Crippen molar-refractivity contribution < 1.29 is 9.47 Å². The van der Waals surface area contributed by atoms with Crippen LogP contribution in [0, 0.1) is 5.92 Å². The number of rotatable bonds is 8. The molecule has 0 heterocycles. The fourth-order valence-corrected chi connectivity index (χ4v) is 1.67. The number of hydrogen-bond donors (Lipinski definition) is 1. The van der Waals surface area contributed by atoms with Crippen molar-refractivity contribution in [2.75, 3.05) is 20.3 Å². The van der Waals surface area contributed by atoms with E-state index in [4.69, 9.17) is 9.47 Å². The second-order valence-electron chi connectivity index (χ2n) is 4.83. The molecule has 0 aliphatic carbocycles. The Morgan fingerprint density at radius 1 is 1.28 bits per heavy atom. The molecule has 0 saturated heterocycles. The third-order valence-corrected chi connectivity index (χ3v) is 2.58. The quantitative estimate of drug-likeness (QED) is 0.720. The van der Waals surface area contributed by atoms with Gasteiger partial charge in [-0.25, -0.2) is 0 Å². The first kappa shape index (κ1) is 14.8. The molecule has 0 bridgehead atoms. The Balaban J connectivity index is 2.79. The van der Waals surface area contributed by atoms with Gasteiger partial charge in [-0.1, -0.05) is 32.9 Å². The lowest BCUT2D eigenvalue weighted by atomic mass is 10.1. The molecular weight excluding hydrogens is 226 g/mol. The molecule has 0 atom stereocenters. The number of hydrogen-bond acceptors (Lipinski definition) is 3. The summed E-state index contributed by atoms with van der Waals surface area (Å²) in [4.78, 5) is 0. The highest BCUT2D eigenvalue weighted by Gasteiger charge is 2.10. The van der Waals surface area contributed by atoms with Gasteiger partial charge in [0.05, 0.1) is 13.7 Å². The molecule has 3 nitrogen and oxygen atoms in total. The summed E-state index contributed by atoms with van der Waals surface area (Å²) >= 11 is 0. The van der Waals surface area contributed by atoms with Gasteiger partial charge in [-0.15, -0.1) is 0 Å². The summed E-state index contributed by atoms with van der Waals surface area (Å²) < 4.78 is 11.3. The molecule has 1 aromatic rings. The first-order valence-corrected chi connectivity index (χ1v) is 6.68. The summed E-state index contributed by atoms with van der Waals surface area (Å²) in [5.74, 6) is 2.19. The Hall–Kier alpha value is -1.22. The van der Waals surface area contributed by atoms with E-state index < -0.39 is 0 Å². The molecular formula is C15H25NO2. The van der Waals surface area contributed by atoms with E-state index in [0.717, 1.165) is 36.6 Å². The van der Waals surface area contributed by atoms with Gasteiger partial charge in [0.2, 0.25) is 0 Å². The van der Waals surface area contributed by atoms with Gasteiger partial charge in [0.15, 0.2) is 11.5 Å². The fourth-order valence-electron chi connectivity index (χ4n) is 1.67. The zero-order valence-electron chi connectivity index (χ0n) is 12.0. The van der Waals surface area contributed by atoms with E-state index in [0.29, 0.717) is 12.5 Å². The van der Waals surface area contributed by atoms with Crippen molar-refractivity contribution >= 4 is 0 Å². The third kappa shape index (κ3) is 4.57. The maximum Gasteiger partial charge on any atom is 0.165 e. The van der Waals surface area contributed by atoms with Crippen LogP contribution in [-0.2, 0) is 6.54 Å². The predicted octanol–water partition coefficient (Wildman–Crippen LogP) is 3.23. The molecule has 0 aromatic heterocycles. The van der Waals surface area contributed by atoms with E-state index in [1.54, 1.807) is 7.11 Å². The molecule has 1 rings (SSSR count). The third-order valence-electron chi connectivity index (χ3n) is 2.58. The van der Waals surface area contributed by atoms with E-state index in [9.17, 15) is 0 Å². The molecule has 0 unspecified atom stereocenters. The SMILES string of the molecule is CCCNCc1cccc(OC)c1OCC(C)C. The summed E-state index contributed by atoms with van der Waals surface area (Å²) in [7, 11) is 1.68. The van der Waals surface area contributed by atoms with Crippen LogP contribution in [0.4, 0.5) is 0 Å². The summed E-state index contributed by atoms with van der Waals surface area (Å²) in [6.45, 7) is 8.99. The van der Waals surface area contributed by atoms with Gasteiger partial charge in [0.25, 0.3) is 0 Å². The molecule has 0 amide bonds. The molecule has 0 fully saturated rings. The van der Waals surface area contributed by atoms with Crippen molar-refractivity contribution in [2.24, 2.45) is 5.92 Å².